The van der Waals surface area contributed by atoms with E-state index in [0.717, 1.165) is 0 Å². The van der Waals surface area contributed by atoms with Crippen LogP contribution in [0.15, 0.2) is 16.8 Å². The first-order chi connectivity index (χ1) is 4.34. The van der Waals surface area contributed by atoms with E-state index < -0.39 is 0 Å². The Morgan fingerprint density at radius 1 is 1.78 bits per heavy atom. The molecule has 50 valence electrons. The number of nitrogens with zero attached hydrogens (tertiary/aromatic N) is 1. The third-order valence-electron chi connectivity index (χ3n) is 1.15. The number of hydrogen-bond donors (Lipinski definition) is 1. The predicted octanol–water partition coefficient (Wildman–Crippen LogP) is 0.278. The van der Waals surface area contributed by atoms with Crippen LogP contribution in [0.25, 0.3) is 0 Å². The Balaban J connectivity index is 2.73. The summed E-state index contributed by atoms with van der Waals surface area (Å²) in [6, 6.07) is 0. The second-order valence-electron chi connectivity index (χ2n) is 1.77. The molecular formula is C6H10N2O. The number of hydrogen-bond acceptors (Lipinski definition) is 3. The SMILES string of the molecule is C/C=C1/OCCN=C1N. The molecule has 0 amide bonds. The van der Waals surface area contributed by atoms with E-state index in [2.05, 4.69) is 4.99 Å². The summed E-state index contributed by atoms with van der Waals surface area (Å²) in [7, 11) is 0. The first-order valence-corrected chi connectivity index (χ1v) is 2.94. The van der Waals surface area contributed by atoms with Gasteiger partial charge in [0.25, 0.3) is 0 Å². The fourth-order valence-electron chi connectivity index (χ4n) is 0.705. The Morgan fingerprint density at radius 2 is 2.56 bits per heavy atom. The highest BCUT2D eigenvalue weighted by atomic mass is 16.5. The summed E-state index contributed by atoms with van der Waals surface area (Å²) in [4.78, 5) is 3.98. The highest BCUT2D eigenvalue weighted by Gasteiger charge is 2.06. The molecule has 0 fully saturated rings. The molecule has 9 heavy (non-hydrogen) atoms. The largest absolute Gasteiger partial charge is 0.488 e. The second-order valence-corrected chi connectivity index (χ2v) is 1.77. The van der Waals surface area contributed by atoms with Crippen molar-refractivity contribution in [3.05, 3.63) is 11.8 Å². The predicted molar refractivity (Wildman–Crippen MR) is 36.2 cm³/mol. The van der Waals surface area contributed by atoms with Crippen LogP contribution < -0.4 is 5.73 Å². The highest BCUT2D eigenvalue weighted by molar-refractivity contribution is 5.95. The van der Waals surface area contributed by atoms with Crippen molar-refractivity contribution in [1.29, 1.82) is 0 Å². The van der Waals surface area contributed by atoms with E-state index in [-0.39, 0.29) is 0 Å². The zero-order valence-electron chi connectivity index (χ0n) is 5.42. The third-order valence-corrected chi connectivity index (χ3v) is 1.15. The van der Waals surface area contributed by atoms with Crippen LogP contribution in [0.1, 0.15) is 6.92 Å². The summed E-state index contributed by atoms with van der Waals surface area (Å²) in [5.41, 5.74) is 5.45. The van der Waals surface area contributed by atoms with Gasteiger partial charge in [-0.25, -0.2) is 0 Å². The van der Waals surface area contributed by atoms with E-state index in [1.807, 2.05) is 13.0 Å². The minimum absolute atomic E-state index is 0.517. The summed E-state index contributed by atoms with van der Waals surface area (Å²) in [6.45, 7) is 3.21. The van der Waals surface area contributed by atoms with E-state index in [1.165, 1.54) is 0 Å². The van der Waals surface area contributed by atoms with Crippen molar-refractivity contribution in [2.75, 3.05) is 13.2 Å². The summed E-state index contributed by atoms with van der Waals surface area (Å²) in [6.07, 6.45) is 1.82. The molecule has 0 atom stereocenters. The van der Waals surface area contributed by atoms with Crippen molar-refractivity contribution >= 4 is 5.84 Å². The van der Waals surface area contributed by atoms with Crippen molar-refractivity contribution in [1.82, 2.24) is 0 Å². The normalized spacial score (nSPS) is 23.2. The van der Waals surface area contributed by atoms with Gasteiger partial charge >= 0.3 is 0 Å². The van der Waals surface area contributed by atoms with Gasteiger partial charge in [-0.2, -0.15) is 0 Å². The lowest BCUT2D eigenvalue weighted by molar-refractivity contribution is 0.230. The van der Waals surface area contributed by atoms with Crippen molar-refractivity contribution in [2.24, 2.45) is 10.7 Å². The van der Waals surface area contributed by atoms with E-state index in [1.54, 1.807) is 0 Å². The van der Waals surface area contributed by atoms with E-state index in [4.69, 9.17) is 10.5 Å². The lowest BCUT2D eigenvalue weighted by Crippen LogP contribution is -2.23. The Kier molecular flexibility index (Phi) is 1.72. The lowest BCUT2D eigenvalue weighted by atomic mass is 10.4. The smallest absolute Gasteiger partial charge is 0.161 e. The molecule has 0 saturated carbocycles. The molecule has 2 N–H and O–H groups in total. The summed E-state index contributed by atoms with van der Waals surface area (Å²) in [5, 5.41) is 0. The molecule has 1 rings (SSSR count). The number of allylic oxidation sites excluding steroid dienone is 1. The second kappa shape index (κ2) is 2.53. The molecular weight excluding hydrogens is 116 g/mol. The monoisotopic (exact) mass is 126 g/mol. The zero-order chi connectivity index (χ0) is 6.69. The molecule has 0 aliphatic carbocycles. The first-order valence-electron chi connectivity index (χ1n) is 2.94. The summed E-state index contributed by atoms with van der Waals surface area (Å²) >= 11 is 0. The van der Waals surface area contributed by atoms with Gasteiger partial charge in [0.2, 0.25) is 0 Å². The average Bonchev–Trinajstić information content (AvgIpc) is 1.89. The molecule has 1 aliphatic heterocycles. The molecule has 0 aromatic carbocycles. The third kappa shape index (κ3) is 1.22. The number of amidine groups is 1. The van der Waals surface area contributed by atoms with Crippen molar-refractivity contribution in [3.63, 3.8) is 0 Å². The van der Waals surface area contributed by atoms with Crippen LogP contribution in [-0.4, -0.2) is 19.0 Å². The van der Waals surface area contributed by atoms with Crippen LogP contribution >= 0.6 is 0 Å². The fraction of sp³-hybridized carbons (Fsp3) is 0.500. The number of nitrogens with two attached hydrogens (primary N) is 1. The Morgan fingerprint density at radius 3 is 3.00 bits per heavy atom. The van der Waals surface area contributed by atoms with Gasteiger partial charge in [0.15, 0.2) is 11.6 Å². The van der Waals surface area contributed by atoms with Crippen LogP contribution in [0.4, 0.5) is 0 Å². The Bertz CT molecular complexity index is 160. The first kappa shape index (κ1) is 6.13. The quantitative estimate of drug-likeness (QED) is 0.506. The van der Waals surface area contributed by atoms with Crippen LogP contribution in [0.3, 0.4) is 0 Å². The maximum Gasteiger partial charge on any atom is 0.161 e. The van der Waals surface area contributed by atoms with E-state index >= 15 is 0 Å². The molecule has 0 bridgehead atoms. The van der Waals surface area contributed by atoms with Crippen LogP contribution in [0.2, 0.25) is 0 Å². The van der Waals surface area contributed by atoms with Crippen LogP contribution in [0, 0.1) is 0 Å². The molecule has 1 aliphatic rings. The minimum Gasteiger partial charge on any atom is -0.488 e. The van der Waals surface area contributed by atoms with Gasteiger partial charge in [0.1, 0.15) is 6.61 Å². The van der Waals surface area contributed by atoms with Gasteiger partial charge < -0.3 is 10.5 Å². The molecule has 0 unspecified atom stereocenters. The fourth-order valence-corrected chi connectivity index (χ4v) is 0.705. The van der Waals surface area contributed by atoms with Gasteiger partial charge in [-0.15, -0.1) is 0 Å². The van der Waals surface area contributed by atoms with Crippen molar-refractivity contribution < 1.29 is 4.74 Å². The molecule has 0 radical (unpaired) electrons. The van der Waals surface area contributed by atoms with Crippen LogP contribution in [0.5, 0.6) is 0 Å². The molecule has 0 aromatic heterocycles. The van der Waals surface area contributed by atoms with Crippen molar-refractivity contribution in [3.8, 4) is 0 Å². The maximum absolute atomic E-state index is 5.45. The maximum atomic E-state index is 5.45. The van der Waals surface area contributed by atoms with Crippen molar-refractivity contribution in [2.45, 2.75) is 6.92 Å². The topological polar surface area (TPSA) is 47.6 Å². The molecule has 0 spiro atoms. The molecule has 0 aromatic rings. The molecule has 0 saturated heterocycles. The number of ether oxygens (including phenoxy) is 1. The van der Waals surface area contributed by atoms with Gasteiger partial charge in [0, 0.05) is 0 Å². The summed E-state index contributed by atoms with van der Waals surface area (Å²) in [5.74, 6) is 1.23. The standard InChI is InChI=1S/C6H10N2O/c1-2-5-6(7)8-3-4-9-5/h2H,3-4H2,1H3,(H2,7,8)/b5-2+. The highest BCUT2D eigenvalue weighted by Crippen LogP contribution is 2.01. The molecule has 1 heterocycles. The minimum atomic E-state index is 0.517. The summed E-state index contributed by atoms with van der Waals surface area (Å²) < 4.78 is 5.14. The Labute approximate surface area is 54.2 Å². The number of aliphatic imine (C=N–C) groups is 1. The van der Waals surface area contributed by atoms with E-state index in [9.17, 15) is 0 Å². The van der Waals surface area contributed by atoms with Gasteiger partial charge in [-0.1, -0.05) is 0 Å². The van der Waals surface area contributed by atoms with Crippen LogP contribution in [-0.2, 0) is 4.74 Å². The number of rotatable bonds is 0. The Hall–Kier alpha value is -0.990. The molecule has 3 heteroatoms. The van der Waals surface area contributed by atoms with E-state index in [0.29, 0.717) is 24.7 Å². The van der Waals surface area contributed by atoms with Gasteiger partial charge in [-0.3, -0.25) is 4.99 Å². The zero-order valence-corrected chi connectivity index (χ0v) is 5.42. The van der Waals surface area contributed by atoms with Gasteiger partial charge in [-0.05, 0) is 13.0 Å². The average molecular weight is 126 g/mol. The molecule has 3 nitrogen and oxygen atoms in total. The lowest BCUT2D eigenvalue weighted by Gasteiger charge is -2.12. The van der Waals surface area contributed by atoms with Gasteiger partial charge in [0.05, 0.1) is 6.54 Å².